The van der Waals surface area contributed by atoms with Gasteiger partial charge in [0.1, 0.15) is 17.6 Å². The minimum absolute atomic E-state index is 0.0754. The number of piperazine rings is 1. The van der Waals surface area contributed by atoms with Crippen LogP contribution >= 0.6 is 11.8 Å². The van der Waals surface area contributed by atoms with Crippen LogP contribution in [0.25, 0.3) is 0 Å². The Bertz CT molecular complexity index is 861. The lowest BCUT2D eigenvalue weighted by Gasteiger charge is -2.37. The second kappa shape index (κ2) is 10.3. The third-order valence-corrected chi connectivity index (χ3v) is 6.05. The van der Waals surface area contributed by atoms with Gasteiger partial charge in [-0.15, -0.1) is 11.8 Å². The van der Waals surface area contributed by atoms with Crippen molar-refractivity contribution in [3.05, 3.63) is 59.9 Å². The van der Waals surface area contributed by atoms with Gasteiger partial charge >= 0.3 is 0 Å². The van der Waals surface area contributed by atoms with Crippen molar-refractivity contribution in [3.8, 4) is 11.8 Å². The molecule has 2 aromatic carbocycles. The van der Waals surface area contributed by atoms with E-state index in [0.717, 1.165) is 11.3 Å². The number of nitrogens with zero attached hydrogens (tertiary/aromatic N) is 3. The van der Waals surface area contributed by atoms with E-state index in [4.69, 9.17) is 4.74 Å². The zero-order chi connectivity index (χ0) is 20.6. The molecule has 0 saturated carbocycles. The molecule has 1 fully saturated rings. The van der Waals surface area contributed by atoms with Gasteiger partial charge in [0.15, 0.2) is 0 Å². The van der Waals surface area contributed by atoms with Crippen molar-refractivity contribution in [1.82, 2.24) is 9.80 Å². The second-order valence-corrected chi connectivity index (χ2v) is 7.89. The Labute approximate surface area is 175 Å². The molecule has 0 bridgehead atoms. The van der Waals surface area contributed by atoms with Gasteiger partial charge in [0, 0.05) is 43.2 Å². The second-order valence-electron chi connectivity index (χ2n) is 6.75. The van der Waals surface area contributed by atoms with Gasteiger partial charge in [-0.2, -0.15) is 5.26 Å². The third-order valence-electron chi connectivity index (χ3n) is 5.00. The number of benzene rings is 2. The maximum absolute atomic E-state index is 13.6. The SMILES string of the molecule is COc1ccc(C(C#N)N2CCN(C(=O)CCSc3ccccc3F)CC2)cc1. The molecule has 0 spiro atoms. The lowest BCUT2D eigenvalue weighted by Crippen LogP contribution is -2.49. The van der Waals surface area contributed by atoms with E-state index in [1.54, 1.807) is 25.3 Å². The molecule has 152 valence electrons. The summed E-state index contributed by atoms with van der Waals surface area (Å²) in [6.45, 7) is 2.49. The van der Waals surface area contributed by atoms with Crippen LogP contribution in [0.2, 0.25) is 0 Å². The summed E-state index contributed by atoms with van der Waals surface area (Å²) in [6.07, 6.45) is 0.374. The lowest BCUT2D eigenvalue weighted by molar-refractivity contribution is -0.132. The lowest BCUT2D eigenvalue weighted by atomic mass is 10.1. The number of hydrogen-bond donors (Lipinski definition) is 0. The van der Waals surface area contributed by atoms with E-state index in [-0.39, 0.29) is 17.8 Å². The molecule has 29 heavy (non-hydrogen) atoms. The number of thioether (sulfide) groups is 1. The van der Waals surface area contributed by atoms with E-state index in [2.05, 4.69) is 11.0 Å². The summed E-state index contributed by atoms with van der Waals surface area (Å²) in [6, 6.07) is 16.2. The fraction of sp³-hybridized carbons (Fsp3) is 0.364. The monoisotopic (exact) mass is 413 g/mol. The van der Waals surface area contributed by atoms with Crippen LogP contribution in [-0.4, -0.2) is 54.7 Å². The van der Waals surface area contributed by atoms with Gasteiger partial charge in [-0.3, -0.25) is 9.69 Å². The van der Waals surface area contributed by atoms with Crippen LogP contribution in [0.15, 0.2) is 53.4 Å². The summed E-state index contributed by atoms with van der Waals surface area (Å²) < 4.78 is 18.8. The van der Waals surface area contributed by atoms with Crippen LogP contribution < -0.4 is 4.74 Å². The van der Waals surface area contributed by atoms with Gasteiger partial charge in [0.2, 0.25) is 5.91 Å². The predicted octanol–water partition coefficient (Wildman–Crippen LogP) is 3.73. The number of ether oxygens (including phenoxy) is 1. The standard InChI is InChI=1S/C22H24FN3O2S/c1-28-18-8-6-17(7-9-18)20(16-24)25-11-13-26(14-12-25)22(27)10-15-29-21-5-3-2-4-19(21)23/h2-9,20H,10-15H2,1H3. The smallest absolute Gasteiger partial charge is 0.223 e. The van der Waals surface area contributed by atoms with Crippen LogP contribution in [0.3, 0.4) is 0 Å². The number of nitriles is 1. The molecule has 1 unspecified atom stereocenters. The normalized spacial score (nSPS) is 15.6. The molecule has 0 aliphatic carbocycles. The van der Waals surface area contributed by atoms with E-state index in [0.29, 0.717) is 43.2 Å². The highest BCUT2D eigenvalue weighted by Crippen LogP contribution is 2.25. The zero-order valence-electron chi connectivity index (χ0n) is 16.4. The van der Waals surface area contributed by atoms with Gasteiger partial charge in [-0.1, -0.05) is 24.3 Å². The molecule has 1 aliphatic rings. The van der Waals surface area contributed by atoms with Crippen molar-refractivity contribution in [3.63, 3.8) is 0 Å². The molecule has 1 saturated heterocycles. The minimum atomic E-state index is -0.338. The summed E-state index contributed by atoms with van der Waals surface area (Å²) in [7, 11) is 1.61. The molecule has 1 heterocycles. The number of carbonyl (C=O) groups excluding carboxylic acids is 1. The molecule has 5 nitrogen and oxygen atoms in total. The number of carbonyl (C=O) groups is 1. The van der Waals surface area contributed by atoms with Crippen molar-refractivity contribution in [2.24, 2.45) is 0 Å². The Hall–Kier alpha value is -2.56. The summed E-state index contributed by atoms with van der Waals surface area (Å²) in [4.78, 5) is 17.0. The first kappa shape index (κ1) is 21.2. The van der Waals surface area contributed by atoms with E-state index in [1.807, 2.05) is 29.2 Å². The maximum Gasteiger partial charge on any atom is 0.223 e. The largest absolute Gasteiger partial charge is 0.497 e. The van der Waals surface area contributed by atoms with Gasteiger partial charge in [0.05, 0.1) is 13.2 Å². The van der Waals surface area contributed by atoms with Crippen LogP contribution in [0.1, 0.15) is 18.0 Å². The van der Waals surface area contributed by atoms with Crippen molar-refractivity contribution < 1.29 is 13.9 Å². The summed E-state index contributed by atoms with van der Waals surface area (Å²) in [5, 5.41) is 9.64. The molecule has 0 aromatic heterocycles. The summed E-state index contributed by atoms with van der Waals surface area (Å²) >= 11 is 1.36. The molecule has 3 rings (SSSR count). The van der Waals surface area contributed by atoms with Crippen LogP contribution in [0.4, 0.5) is 4.39 Å². The van der Waals surface area contributed by atoms with Crippen molar-refractivity contribution in [2.75, 3.05) is 39.0 Å². The Kier molecular flexibility index (Phi) is 7.50. The van der Waals surface area contributed by atoms with Crippen LogP contribution in [0.5, 0.6) is 5.75 Å². The molecule has 2 aromatic rings. The maximum atomic E-state index is 13.6. The Balaban J connectivity index is 1.48. The van der Waals surface area contributed by atoms with E-state index >= 15 is 0 Å². The zero-order valence-corrected chi connectivity index (χ0v) is 17.2. The molecular weight excluding hydrogens is 389 g/mol. The predicted molar refractivity (Wildman–Crippen MR) is 111 cm³/mol. The summed E-state index contributed by atoms with van der Waals surface area (Å²) in [5.41, 5.74) is 0.925. The Morgan fingerprint density at radius 2 is 1.86 bits per heavy atom. The van der Waals surface area contributed by atoms with E-state index in [9.17, 15) is 14.4 Å². The molecule has 7 heteroatoms. The van der Waals surface area contributed by atoms with Crippen molar-refractivity contribution >= 4 is 17.7 Å². The molecule has 0 N–H and O–H groups in total. The number of halogens is 1. The average Bonchev–Trinajstić information content (AvgIpc) is 2.76. The first-order valence-corrected chi connectivity index (χ1v) is 10.5. The molecular formula is C22H24FN3O2S. The number of amides is 1. The molecule has 1 amide bonds. The van der Waals surface area contributed by atoms with Gasteiger partial charge < -0.3 is 9.64 Å². The fourth-order valence-electron chi connectivity index (χ4n) is 3.35. The highest BCUT2D eigenvalue weighted by molar-refractivity contribution is 7.99. The van der Waals surface area contributed by atoms with E-state index < -0.39 is 0 Å². The Morgan fingerprint density at radius 3 is 2.48 bits per heavy atom. The van der Waals surface area contributed by atoms with Crippen LogP contribution in [0, 0.1) is 17.1 Å². The molecule has 1 aliphatic heterocycles. The van der Waals surface area contributed by atoms with Gasteiger partial charge in [0.25, 0.3) is 0 Å². The molecule has 1 atom stereocenters. The van der Waals surface area contributed by atoms with Gasteiger partial charge in [-0.25, -0.2) is 4.39 Å². The fourth-order valence-corrected chi connectivity index (χ4v) is 4.23. The number of hydrogen-bond acceptors (Lipinski definition) is 5. The third kappa shape index (κ3) is 5.49. The number of rotatable bonds is 7. The first-order valence-electron chi connectivity index (χ1n) is 9.55. The van der Waals surface area contributed by atoms with Crippen molar-refractivity contribution in [1.29, 1.82) is 5.26 Å². The first-order chi connectivity index (χ1) is 14.1. The minimum Gasteiger partial charge on any atom is -0.497 e. The molecule has 0 radical (unpaired) electrons. The average molecular weight is 414 g/mol. The quantitative estimate of drug-likeness (QED) is 0.648. The van der Waals surface area contributed by atoms with E-state index in [1.165, 1.54) is 17.8 Å². The summed E-state index contributed by atoms with van der Waals surface area (Å²) in [5.74, 6) is 1.13. The topological polar surface area (TPSA) is 56.6 Å². The Morgan fingerprint density at radius 1 is 1.17 bits per heavy atom. The highest BCUT2D eigenvalue weighted by Gasteiger charge is 2.27. The van der Waals surface area contributed by atoms with Crippen molar-refractivity contribution in [2.45, 2.75) is 17.4 Å². The number of methoxy groups -OCH3 is 1. The van der Waals surface area contributed by atoms with Crippen LogP contribution in [-0.2, 0) is 4.79 Å². The highest BCUT2D eigenvalue weighted by atomic mass is 32.2. The van der Waals surface area contributed by atoms with Gasteiger partial charge in [-0.05, 0) is 29.8 Å².